The third kappa shape index (κ3) is 6.75. The fourth-order valence-corrected chi connectivity index (χ4v) is 3.63. The van der Waals surface area contributed by atoms with Crippen molar-refractivity contribution in [2.45, 2.75) is 26.9 Å². The minimum Gasteiger partial charge on any atom is -0.493 e. The van der Waals surface area contributed by atoms with Gasteiger partial charge in [-0.15, -0.1) is 6.58 Å². The van der Waals surface area contributed by atoms with Gasteiger partial charge in [-0.05, 0) is 78.9 Å². The minimum absolute atomic E-state index is 0.0210. The molecule has 0 radical (unpaired) electrons. The van der Waals surface area contributed by atoms with Gasteiger partial charge < -0.3 is 14.8 Å². The number of nitrogens with one attached hydrogen (secondary N) is 1. The van der Waals surface area contributed by atoms with Gasteiger partial charge in [-0.25, -0.2) is 0 Å². The summed E-state index contributed by atoms with van der Waals surface area (Å²) in [5, 5.41) is 13.2. The molecular weight excluding hydrogens is 460 g/mol. The van der Waals surface area contributed by atoms with Crippen molar-refractivity contribution in [3.05, 3.63) is 106 Å². The molecule has 3 aromatic carbocycles. The normalized spacial score (nSPS) is 10.9. The molecule has 0 saturated heterocycles. The monoisotopic (exact) mass is 486 g/mol. The van der Waals surface area contributed by atoms with Crippen molar-refractivity contribution in [2.24, 2.45) is 0 Å². The summed E-state index contributed by atoms with van der Waals surface area (Å²) in [5.41, 5.74) is 5.01. The number of ether oxygens (including phenoxy) is 2. The number of carbonyl (C=O) groups is 1. The molecule has 0 aliphatic rings. The highest BCUT2D eigenvalue weighted by molar-refractivity contribution is 6.30. The number of hydrogen-bond acceptors (Lipinski definition) is 4. The second-order valence-electron chi connectivity index (χ2n) is 8.06. The van der Waals surface area contributed by atoms with Crippen molar-refractivity contribution in [2.75, 3.05) is 12.4 Å². The minimum atomic E-state index is -0.478. The molecular formula is C29H27ClN2O3. The highest BCUT2D eigenvalue weighted by Crippen LogP contribution is 2.35. The van der Waals surface area contributed by atoms with E-state index in [1.807, 2.05) is 68.4 Å². The lowest BCUT2D eigenvalue weighted by Crippen LogP contribution is -2.14. The Kier molecular flexibility index (Phi) is 8.72. The van der Waals surface area contributed by atoms with Gasteiger partial charge in [0, 0.05) is 16.3 Å². The third-order valence-electron chi connectivity index (χ3n) is 5.35. The molecule has 3 rings (SSSR count). The van der Waals surface area contributed by atoms with E-state index in [2.05, 4.69) is 11.9 Å². The van der Waals surface area contributed by atoms with Gasteiger partial charge in [0.1, 0.15) is 18.2 Å². The predicted octanol–water partition coefficient (Wildman–Crippen LogP) is 6.82. The van der Waals surface area contributed by atoms with E-state index in [-0.39, 0.29) is 5.57 Å². The van der Waals surface area contributed by atoms with Crippen LogP contribution in [0.2, 0.25) is 5.02 Å². The van der Waals surface area contributed by atoms with E-state index >= 15 is 0 Å². The van der Waals surface area contributed by atoms with E-state index in [9.17, 15) is 10.1 Å². The average Bonchev–Trinajstić information content (AvgIpc) is 2.84. The number of aryl methyl sites for hydroxylation is 2. The summed E-state index contributed by atoms with van der Waals surface area (Å²) < 4.78 is 11.7. The Morgan fingerprint density at radius 2 is 1.89 bits per heavy atom. The number of nitrogens with zero attached hydrogens (tertiary/aromatic N) is 1. The quantitative estimate of drug-likeness (QED) is 0.204. The molecule has 0 heterocycles. The lowest BCUT2D eigenvalue weighted by Gasteiger charge is -2.16. The van der Waals surface area contributed by atoms with Gasteiger partial charge in [0.2, 0.25) is 0 Å². The molecule has 35 heavy (non-hydrogen) atoms. The Balaban J connectivity index is 1.91. The molecule has 1 N–H and O–H groups in total. The highest BCUT2D eigenvalue weighted by atomic mass is 35.5. The molecule has 0 unspecified atom stereocenters. The van der Waals surface area contributed by atoms with Crippen LogP contribution in [-0.4, -0.2) is 13.0 Å². The SMILES string of the molecule is C=CCc1cc(/C=C(\C#N)C(=O)Nc2cc(C)ccc2C)cc(OC)c1OCc1ccc(Cl)cc1. The summed E-state index contributed by atoms with van der Waals surface area (Å²) in [7, 11) is 1.55. The van der Waals surface area contributed by atoms with Crippen LogP contribution < -0.4 is 14.8 Å². The Bertz CT molecular complexity index is 1300. The van der Waals surface area contributed by atoms with Crippen LogP contribution in [0.15, 0.2) is 72.8 Å². The molecule has 0 spiro atoms. The predicted molar refractivity (Wildman–Crippen MR) is 141 cm³/mol. The van der Waals surface area contributed by atoms with Crippen molar-refractivity contribution in [1.82, 2.24) is 0 Å². The van der Waals surface area contributed by atoms with Crippen molar-refractivity contribution in [3.8, 4) is 17.6 Å². The second-order valence-corrected chi connectivity index (χ2v) is 8.50. The summed E-state index contributed by atoms with van der Waals surface area (Å²) in [6, 6.07) is 18.8. The van der Waals surface area contributed by atoms with E-state index in [1.54, 1.807) is 25.3 Å². The highest BCUT2D eigenvalue weighted by Gasteiger charge is 2.15. The summed E-state index contributed by atoms with van der Waals surface area (Å²) in [5.74, 6) is 0.600. The Morgan fingerprint density at radius 1 is 1.14 bits per heavy atom. The van der Waals surface area contributed by atoms with Crippen LogP contribution in [0.5, 0.6) is 11.5 Å². The Labute approximate surface area is 211 Å². The zero-order valence-electron chi connectivity index (χ0n) is 20.0. The van der Waals surface area contributed by atoms with Gasteiger partial charge in [-0.1, -0.05) is 41.9 Å². The standard InChI is InChI=1S/C29H27ClN2O3/c1-5-6-23-14-22(15-24(17-31)29(33)32-26-13-19(2)7-8-20(26)3)16-27(34-4)28(23)35-18-21-9-11-25(30)12-10-21/h5,7-16H,1,6,18H2,2-4H3,(H,32,33)/b24-15+. The van der Waals surface area contributed by atoms with Crippen molar-refractivity contribution >= 4 is 29.3 Å². The maximum atomic E-state index is 12.8. The number of anilines is 1. The van der Waals surface area contributed by atoms with Crippen LogP contribution in [0.25, 0.3) is 6.08 Å². The Hall–Kier alpha value is -4.01. The molecule has 0 atom stereocenters. The van der Waals surface area contributed by atoms with E-state index in [1.165, 1.54) is 0 Å². The average molecular weight is 487 g/mol. The van der Waals surface area contributed by atoms with Crippen LogP contribution in [0.4, 0.5) is 5.69 Å². The molecule has 0 bridgehead atoms. The van der Waals surface area contributed by atoms with Crippen molar-refractivity contribution in [3.63, 3.8) is 0 Å². The molecule has 0 aliphatic carbocycles. The van der Waals surface area contributed by atoms with E-state index in [0.717, 1.165) is 22.3 Å². The summed E-state index contributed by atoms with van der Waals surface area (Å²) in [6.07, 6.45) is 3.82. The fraction of sp³-hybridized carbons (Fsp3) is 0.172. The smallest absolute Gasteiger partial charge is 0.266 e. The van der Waals surface area contributed by atoms with Gasteiger partial charge in [-0.3, -0.25) is 4.79 Å². The Morgan fingerprint density at radius 3 is 2.54 bits per heavy atom. The number of halogens is 1. The molecule has 0 fully saturated rings. The van der Waals surface area contributed by atoms with Gasteiger partial charge in [0.15, 0.2) is 11.5 Å². The molecule has 0 aromatic heterocycles. The maximum Gasteiger partial charge on any atom is 0.266 e. The fourth-order valence-electron chi connectivity index (χ4n) is 3.50. The van der Waals surface area contributed by atoms with Crippen molar-refractivity contribution < 1.29 is 14.3 Å². The van der Waals surface area contributed by atoms with Gasteiger partial charge in [0.05, 0.1) is 7.11 Å². The zero-order chi connectivity index (χ0) is 25.4. The van der Waals surface area contributed by atoms with E-state index in [0.29, 0.717) is 40.8 Å². The molecule has 0 saturated carbocycles. The van der Waals surface area contributed by atoms with Gasteiger partial charge in [0.25, 0.3) is 5.91 Å². The van der Waals surface area contributed by atoms with Crippen LogP contribution in [0.1, 0.15) is 27.8 Å². The maximum absolute atomic E-state index is 12.8. The van der Waals surface area contributed by atoms with E-state index < -0.39 is 5.91 Å². The molecule has 5 nitrogen and oxygen atoms in total. The van der Waals surface area contributed by atoms with Crippen LogP contribution in [-0.2, 0) is 17.8 Å². The van der Waals surface area contributed by atoms with Crippen LogP contribution >= 0.6 is 11.6 Å². The molecule has 1 amide bonds. The van der Waals surface area contributed by atoms with E-state index in [4.69, 9.17) is 21.1 Å². The topological polar surface area (TPSA) is 71.4 Å². The summed E-state index contributed by atoms with van der Waals surface area (Å²) in [4.78, 5) is 12.8. The first kappa shape index (κ1) is 25.6. The summed E-state index contributed by atoms with van der Waals surface area (Å²) >= 11 is 5.97. The van der Waals surface area contributed by atoms with Crippen LogP contribution in [0.3, 0.4) is 0 Å². The number of methoxy groups -OCH3 is 1. The lowest BCUT2D eigenvalue weighted by molar-refractivity contribution is -0.112. The number of allylic oxidation sites excluding steroid dienone is 1. The molecule has 178 valence electrons. The largest absolute Gasteiger partial charge is 0.493 e. The van der Waals surface area contributed by atoms with Gasteiger partial charge in [-0.2, -0.15) is 5.26 Å². The number of nitriles is 1. The number of carbonyl (C=O) groups excluding carboxylic acids is 1. The van der Waals surface area contributed by atoms with Crippen molar-refractivity contribution in [1.29, 1.82) is 5.26 Å². The molecule has 0 aliphatic heterocycles. The number of amides is 1. The van der Waals surface area contributed by atoms with Gasteiger partial charge >= 0.3 is 0 Å². The number of benzene rings is 3. The number of rotatable bonds is 9. The number of hydrogen-bond donors (Lipinski definition) is 1. The second kappa shape index (κ2) is 11.9. The first-order valence-corrected chi connectivity index (χ1v) is 11.4. The first-order valence-electron chi connectivity index (χ1n) is 11.0. The first-order chi connectivity index (χ1) is 16.8. The van der Waals surface area contributed by atoms with Crippen LogP contribution in [0, 0.1) is 25.2 Å². The molecule has 6 heteroatoms. The summed E-state index contributed by atoms with van der Waals surface area (Å²) in [6.45, 7) is 8.01. The third-order valence-corrected chi connectivity index (χ3v) is 5.60. The zero-order valence-corrected chi connectivity index (χ0v) is 20.8. The molecule has 3 aromatic rings. The lowest BCUT2D eigenvalue weighted by atomic mass is 10.0.